The van der Waals surface area contributed by atoms with Gasteiger partial charge >= 0.3 is 5.97 Å². The third-order valence-corrected chi connectivity index (χ3v) is 4.31. The average molecular weight is 268 g/mol. The Balaban J connectivity index is 1.97. The van der Waals surface area contributed by atoms with Gasteiger partial charge in [-0.15, -0.1) is 11.3 Å². The molecule has 1 saturated carbocycles. The van der Waals surface area contributed by atoms with Gasteiger partial charge in [-0.3, -0.25) is 0 Å². The van der Waals surface area contributed by atoms with Gasteiger partial charge in [0.05, 0.1) is 12.1 Å². The summed E-state index contributed by atoms with van der Waals surface area (Å²) in [6.07, 6.45) is 5.14. The van der Waals surface area contributed by atoms with E-state index in [1.807, 2.05) is 0 Å². The lowest BCUT2D eigenvalue weighted by Gasteiger charge is -2.23. The van der Waals surface area contributed by atoms with Crippen molar-refractivity contribution in [2.75, 3.05) is 18.5 Å². The predicted molar refractivity (Wildman–Crippen MR) is 73.1 cm³/mol. The summed E-state index contributed by atoms with van der Waals surface area (Å²) in [6, 6.07) is 0. The number of carbonyl (C=O) groups is 1. The van der Waals surface area contributed by atoms with Gasteiger partial charge in [0.2, 0.25) is 0 Å². The molecule has 0 amide bonds. The third-order valence-electron chi connectivity index (χ3n) is 3.52. The molecule has 18 heavy (non-hydrogen) atoms. The number of esters is 1. The van der Waals surface area contributed by atoms with E-state index >= 15 is 0 Å². The Morgan fingerprint density at radius 2 is 2.28 bits per heavy atom. The Bertz CT molecular complexity index is 411. The number of nitrogens with one attached hydrogen (secondary N) is 1. The van der Waals surface area contributed by atoms with Gasteiger partial charge in [-0.05, 0) is 25.2 Å². The van der Waals surface area contributed by atoms with Gasteiger partial charge in [-0.1, -0.05) is 19.8 Å². The molecule has 4 nitrogen and oxygen atoms in total. The number of ether oxygens (including phenoxy) is 1. The maximum absolute atomic E-state index is 11.7. The van der Waals surface area contributed by atoms with E-state index in [2.05, 4.69) is 17.2 Å². The number of rotatable bonds is 5. The molecule has 0 spiro atoms. The van der Waals surface area contributed by atoms with Crippen molar-refractivity contribution < 1.29 is 9.53 Å². The van der Waals surface area contributed by atoms with Crippen LogP contribution in [0.1, 0.15) is 50.0 Å². The molecule has 1 N–H and O–H groups in total. The fourth-order valence-corrected chi connectivity index (χ4v) is 3.08. The van der Waals surface area contributed by atoms with Crippen LogP contribution in [0.3, 0.4) is 0 Å². The minimum Gasteiger partial charge on any atom is -0.461 e. The monoisotopic (exact) mass is 268 g/mol. The summed E-state index contributed by atoms with van der Waals surface area (Å²) < 4.78 is 4.99. The van der Waals surface area contributed by atoms with Gasteiger partial charge in [-0.2, -0.15) is 0 Å². The van der Waals surface area contributed by atoms with Crippen LogP contribution in [0.4, 0.5) is 5.00 Å². The van der Waals surface area contributed by atoms with Crippen molar-refractivity contribution in [1.29, 1.82) is 0 Å². The molecule has 0 unspecified atom stereocenters. The van der Waals surface area contributed by atoms with Crippen LogP contribution in [0.5, 0.6) is 0 Å². The summed E-state index contributed by atoms with van der Waals surface area (Å²) in [5.41, 5.74) is 2.46. The molecule has 5 heteroatoms. The molecular weight excluding hydrogens is 248 g/mol. The van der Waals surface area contributed by atoms with Crippen molar-refractivity contribution in [3.63, 3.8) is 0 Å². The summed E-state index contributed by atoms with van der Waals surface area (Å²) in [6.45, 7) is 5.39. The lowest BCUT2D eigenvalue weighted by Crippen LogP contribution is -2.23. The Labute approximate surface area is 112 Å². The first-order chi connectivity index (χ1) is 8.64. The molecule has 0 aliphatic heterocycles. The number of anilines is 1. The van der Waals surface area contributed by atoms with Crippen molar-refractivity contribution in [3.05, 3.63) is 11.2 Å². The van der Waals surface area contributed by atoms with Crippen LogP contribution < -0.4 is 5.32 Å². The quantitative estimate of drug-likeness (QED) is 0.832. The van der Waals surface area contributed by atoms with Gasteiger partial charge < -0.3 is 10.1 Å². The lowest BCUT2D eigenvalue weighted by atomic mass is 9.89. The van der Waals surface area contributed by atoms with Gasteiger partial charge in [0.1, 0.15) is 5.00 Å². The summed E-state index contributed by atoms with van der Waals surface area (Å²) in [5.74, 6) is -0.335. The summed E-state index contributed by atoms with van der Waals surface area (Å²) in [4.78, 5) is 15.8. The molecule has 1 fully saturated rings. The molecule has 100 valence electrons. The van der Waals surface area contributed by atoms with Crippen LogP contribution in [0.2, 0.25) is 0 Å². The molecule has 1 aromatic rings. The van der Waals surface area contributed by atoms with E-state index in [0.29, 0.717) is 17.7 Å². The Kier molecular flexibility index (Phi) is 4.22. The lowest BCUT2D eigenvalue weighted by molar-refractivity contribution is 0.0521. The van der Waals surface area contributed by atoms with Crippen molar-refractivity contribution in [3.8, 4) is 0 Å². The maximum atomic E-state index is 11.7. The Hall–Kier alpha value is -1.10. The predicted octanol–water partition coefficient (Wildman–Crippen LogP) is 3.31. The number of hydrogen-bond acceptors (Lipinski definition) is 5. The van der Waals surface area contributed by atoms with Gasteiger partial charge in [0, 0.05) is 6.54 Å². The van der Waals surface area contributed by atoms with Crippen molar-refractivity contribution in [2.24, 2.45) is 5.41 Å². The zero-order valence-electron chi connectivity index (χ0n) is 11.0. The molecule has 0 atom stereocenters. The van der Waals surface area contributed by atoms with Crippen LogP contribution in [-0.4, -0.2) is 24.1 Å². The van der Waals surface area contributed by atoms with E-state index in [0.717, 1.165) is 11.5 Å². The molecule has 1 aliphatic carbocycles. The molecule has 1 heterocycles. The molecule has 0 saturated heterocycles. The first-order valence-corrected chi connectivity index (χ1v) is 7.37. The molecule has 2 rings (SSSR count). The molecule has 1 aromatic heterocycles. The van der Waals surface area contributed by atoms with Crippen LogP contribution >= 0.6 is 11.3 Å². The third kappa shape index (κ3) is 3.02. The van der Waals surface area contributed by atoms with Gasteiger partial charge in [0.25, 0.3) is 0 Å². The highest BCUT2D eigenvalue weighted by Gasteiger charge is 2.29. The number of nitrogens with zero attached hydrogens (tertiary/aromatic N) is 1. The zero-order chi connectivity index (χ0) is 13.0. The minimum absolute atomic E-state index is 0.335. The molecule has 0 bridgehead atoms. The molecule has 0 radical (unpaired) electrons. The van der Waals surface area contributed by atoms with E-state index < -0.39 is 0 Å². The van der Waals surface area contributed by atoms with Crippen LogP contribution in [0, 0.1) is 5.41 Å². The van der Waals surface area contributed by atoms with E-state index in [-0.39, 0.29) is 5.97 Å². The fraction of sp³-hybridized carbons (Fsp3) is 0.692. The highest BCUT2D eigenvalue weighted by molar-refractivity contribution is 7.14. The highest BCUT2D eigenvalue weighted by Crippen LogP contribution is 2.38. The van der Waals surface area contributed by atoms with Crippen molar-refractivity contribution >= 4 is 22.3 Å². The normalized spacial score (nSPS) is 17.7. The molecule has 1 aliphatic rings. The largest absolute Gasteiger partial charge is 0.461 e. The summed E-state index contributed by atoms with van der Waals surface area (Å²) >= 11 is 1.46. The number of hydrogen-bond donors (Lipinski definition) is 1. The second-order valence-corrected chi connectivity index (χ2v) is 5.98. The number of carbonyl (C=O) groups excluding carboxylic acids is 1. The average Bonchev–Trinajstić information content (AvgIpc) is 2.96. The van der Waals surface area contributed by atoms with Gasteiger partial charge in [-0.25, -0.2) is 9.78 Å². The van der Waals surface area contributed by atoms with Crippen molar-refractivity contribution in [1.82, 2.24) is 4.98 Å². The number of thiazole rings is 1. The molecule has 0 aromatic carbocycles. The Morgan fingerprint density at radius 1 is 1.56 bits per heavy atom. The second kappa shape index (κ2) is 5.69. The van der Waals surface area contributed by atoms with Crippen molar-refractivity contribution in [2.45, 2.75) is 39.5 Å². The second-order valence-electron chi connectivity index (χ2n) is 5.12. The maximum Gasteiger partial charge on any atom is 0.360 e. The fourth-order valence-electron chi connectivity index (χ4n) is 2.42. The summed E-state index contributed by atoms with van der Waals surface area (Å²) in [5, 5.41) is 4.20. The van der Waals surface area contributed by atoms with Gasteiger partial charge in [0.15, 0.2) is 5.69 Å². The minimum atomic E-state index is -0.335. The first kappa shape index (κ1) is 13.3. The first-order valence-electron chi connectivity index (χ1n) is 6.49. The topological polar surface area (TPSA) is 51.2 Å². The number of aromatic nitrogens is 1. The Morgan fingerprint density at radius 3 is 2.94 bits per heavy atom. The smallest absolute Gasteiger partial charge is 0.360 e. The van der Waals surface area contributed by atoms with E-state index in [4.69, 9.17) is 4.74 Å². The van der Waals surface area contributed by atoms with Crippen LogP contribution in [0.25, 0.3) is 0 Å². The van der Waals surface area contributed by atoms with E-state index in [1.165, 1.54) is 37.0 Å². The molecular formula is C13H20N2O2S. The van der Waals surface area contributed by atoms with Crippen LogP contribution in [-0.2, 0) is 4.74 Å². The van der Waals surface area contributed by atoms with E-state index in [9.17, 15) is 4.79 Å². The van der Waals surface area contributed by atoms with Crippen LogP contribution in [0.15, 0.2) is 5.51 Å². The standard InChI is InChI=1S/C13H20N2O2S/c1-3-17-12(16)10-11(18-9-15-10)14-8-13(2)6-4-5-7-13/h9,14H,3-8H2,1-2H3. The SMILES string of the molecule is CCOC(=O)c1ncsc1NCC1(C)CCCC1. The van der Waals surface area contributed by atoms with E-state index in [1.54, 1.807) is 12.4 Å². The summed E-state index contributed by atoms with van der Waals surface area (Å²) in [7, 11) is 0. The highest BCUT2D eigenvalue weighted by atomic mass is 32.1. The zero-order valence-corrected chi connectivity index (χ0v) is 11.8.